The molecular formula is C22H26Cl2N2O2. The van der Waals surface area contributed by atoms with Crippen molar-refractivity contribution in [1.29, 1.82) is 0 Å². The number of ether oxygens (including phenoxy) is 2. The van der Waals surface area contributed by atoms with Crippen LogP contribution >= 0.6 is 23.2 Å². The topological polar surface area (TPSA) is 34.1 Å². The Kier molecular flexibility index (Phi) is 7.08. The molecule has 0 saturated carbocycles. The third-order valence-corrected chi connectivity index (χ3v) is 5.66. The largest absolute Gasteiger partial charge is 0.493 e. The van der Waals surface area contributed by atoms with E-state index in [2.05, 4.69) is 18.9 Å². The van der Waals surface area contributed by atoms with Crippen molar-refractivity contribution in [2.24, 2.45) is 5.10 Å². The average Bonchev–Trinajstić information content (AvgIpc) is 2.67. The van der Waals surface area contributed by atoms with Crippen LogP contribution in [0.4, 0.5) is 0 Å². The van der Waals surface area contributed by atoms with Gasteiger partial charge in [-0.25, -0.2) is 0 Å². The highest BCUT2D eigenvalue weighted by Crippen LogP contribution is 2.30. The number of piperidine rings is 1. The normalized spacial score (nSPS) is 19.8. The Hall–Kier alpha value is -1.91. The standard InChI is InChI=1S/C22H26Cl2N2O2/c1-15-5-4-6-16(2)26(15)25-13-17-7-10-21(22(11-17)27-3)28-14-18-8-9-19(23)12-20(18)24/h7-13,15-16H,4-6,14H2,1-3H3. The molecule has 1 saturated heterocycles. The van der Waals surface area contributed by atoms with Gasteiger partial charge in [0.2, 0.25) is 0 Å². The molecule has 2 atom stereocenters. The maximum atomic E-state index is 6.22. The van der Waals surface area contributed by atoms with E-state index in [-0.39, 0.29) is 0 Å². The predicted molar refractivity (Wildman–Crippen MR) is 116 cm³/mol. The molecule has 0 spiro atoms. The lowest BCUT2D eigenvalue weighted by Gasteiger charge is -2.36. The van der Waals surface area contributed by atoms with Crippen molar-refractivity contribution in [2.75, 3.05) is 7.11 Å². The number of rotatable bonds is 6. The first-order chi connectivity index (χ1) is 13.5. The second-order valence-electron chi connectivity index (χ2n) is 7.19. The number of halogens is 2. The number of hydrogen-bond acceptors (Lipinski definition) is 4. The summed E-state index contributed by atoms with van der Waals surface area (Å²) < 4.78 is 11.4. The van der Waals surface area contributed by atoms with E-state index in [0.29, 0.717) is 40.2 Å². The molecule has 0 N–H and O–H groups in total. The summed E-state index contributed by atoms with van der Waals surface area (Å²) in [5.41, 5.74) is 1.84. The van der Waals surface area contributed by atoms with E-state index in [1.165, 1.54) is 19.3 Å². The molecule has 2 aromatic carbocycles. The van der Waals surface area contributed by atoms with E-state index < -0.39 is 0 Å². The van der Waals surface area contributed by atoms with Crippen molar-refractivity contribution in [2.45, 2.75) is 51.8 Å². The van der Waals surface area contributed by atoms with Crippen LogP contribution in [0.3, 0.4) is 0 Å². The number of methoxy groups -OCH3 is 1. The van der Waals surface area contributed by atoms with E-state index in [1.54, 1.807) is 19.2 Å². The maximum absolute atomic E-state index is 6.22. The highest BCUT2D eigenvalue weighted by atomic mass is 35.5. The molecule has 150 valence electrons. The van der Waals surface area contributed by atoms with Gasteiger partial charge in [0.25, 0.3) is 0 Å². The quantitative estimate of drug-likeness (QED) is 0.523. The molecule has 1 aliphatic rings. The van der Waals surface area contributed by atoms with Crippen LogP contribution in [0.15, 0.2) is 41.5 Å². The van der Waals surface area contributed by atoms with Crippen LogP contribution in [-0.2, 0) is 6.61 Å². The first-order valence-electron chi connectivity index (χ1n) is 9.55. The summed E-state index contributed by atoms with van der Waals surface area (Å²) in [6, 6.07) is 12.1. The molecule has 0 radical (unpaired) electrons. The molecule has 1 aliphatic heterocycles. The molecule has 0 amide bonds. The molecule has 0 aliphatic carbocycles. The van der Waals surface area contributed by atoms with Gasteiger partial charge in [-0.1, -0.05) is 29.3 Å². The van der Waals surface area contributed by atoms with Gasteiger partial charge in [-0.15, -0.1) is 0 Å². The number of hydrogen-bond donors (Lipinski definition) is 0. The van der Waals surface area contributed by atoms with Gasteiger partial charge < -0.3 is 9.47 Å². The summed E-state index contributed by atoms with van der Waals surface area (Å²) in [6.45, 7) is 4.79. The van der Waals surface area contributed by atoms with E-state index in [0.717, 1.165) is 11.1 Å². The SMILES string of the molecule is COc1cc(C=NN2C(C)CCCC2C)ccc1OCc1ccc(Cl)cc1Cl. The van der Waals surface area contributed by atoms with Crippen LogP contribution in [-0.4, -0.2) is 30.4 Å². The lowest BCUT2D eigenvalue weighted by Crippen LogP contribution is -2.39. The molecule has 4 nitrogen and oxygen atoms in total. The second kappa shape index (κ2) is 9.53. The fourth-order valence-corrected chi connectivity index (χ4v) is 3.91. The van der Waals surface area contributed by atoms with Crippen molar-refractivity contribution < 1.29 is 9.47 Å². The molecule has 0 bridgehead atoms. The van der Waals surface area contributed by atoms with E-state index in [1.807, 2.05) is 30.5 Å². The van der Waals surface area contributed by atoms with E-state index >= 15 is 0 Å². The molecule has 3 rings (SSSR count). The summed E-state index contributed by atoms with van der Waals surface area (Å²) in [5, 5.41) is 8.10. The van der Waals surface area contributed by atoms with Gasteiger partial charge in [-0.05, 0) is 69.0 Å². The number of hydrazone groups is 1. The van der Waals surface area contributed by atoms with Gasteiger partial charge in [0.15, 0.2) is 11.5 Å². The zero-order valence-electron chi connectivity index (χ0n) is 16.5. The predicted octanol–water partition coefficient (Wildman–Crippen LogP) is 6.18. The summed E-state index contributed by atoms with van der Waals surface area (Å²) in [4.78, 5) is 0. The lowest BCUT2D eigenvalue weighted by atomic mass is 10.00. The van der Waals surface area contributed by atoms with Gasteiger partial charge in [0.05, 0.1) is 13.3 Å². The Labute approximate surface area is 177 Å². The third-order valence-electron chi connectivity index (χ3n) is 5.07. The molecular weight excluding hydrogens is 395 g/mol. The van der Waals surface area contributed by atoms with Crippen molar-refractivity contribution in [3.8, 4) is 11.5 Å². The van der Waals surface area contributed by atoms with Crippen LogP contribution in [0.5, 0.6) is 11.5 Å². The van der Waals surface area contributed by atoms with Crippen LogP contribution in [0.25, 0.3) is 0 Å². The van der Waals surface area contributed by atoms with Crippen molar-refractivity contribution in [3.63, 3.8) is 0 Å². The first-order valence-corrected chi connectivity index (χ1v) is 10.3. The van der Waals surface area contributed by atoms with E-state index in [4.69, 9.17) is 37.8 Å². The zero-order chi connectivity index (χ0) is 20.1. The second-order valence-corrected chi connectivity index (χ2v) is 8.03. The fourth-order valence-electron chi connectivity index (χ4n) is 3.45. The highest BCUT2D eigenvalue weighted by molar-refractivity contribution is 6.35. The number of benzene rings is 2. The number of nitrogens with zero attached hydrogens (tertiary/aromatic N) is 2. The molecule has 1 fully saturated rings. The van der Waals surface area contributed by atoms with Crippen LogP contribution in [0.1, 0.15) is 44.2 Å². The smallest absolute Gasteiger partial charge is 0.161 e. The Morgan fingerprint density at radius 2 is 1.82 bits per heavy atom. The Morgan fingerprint density at radius 1 is 1.07 bits per heavy atom. The fraction of sp³-hybridized carbons (Fsp3) is 0.409. The van der Waals surface area contributed by atoms with Gasteiger partial charge in [-0.3, -0.25) is 5.01 Å². The molecule has 28 heavy (non-hydrogen) atoms. The van der Waals surface area contributed by atoms with Crippen LogP contribution in [0.2, 0.25) is 10.0 Å². The maximum Gasteiger partial charge on any atom is 0.161 e. The molecule has 2 aromatic rings. The monoisotopic (exact) mass is 420 g/mol. The van der Waals surface area contributed by atoms with Gasteiger partial charge in [0, 0.05) is 27.7 Å². The summed E-state index contributed by atoms with van der Waals surface area (Å²) in [6.07, 6.45) is 5.53. The van der Waals surface area contributed by atoms with Crippen LogP contribution in [0, 0.1) is 0 Å². The summed E-state index contributed by atoms with van der Waals surface area (Å²) >= 11 is 12.2. The van der Waals surface area contributed by atoms with Crippen molar-refractivity contribution in [1.82, 2.24) is 5.01 Å². The van der Waals surface area contributed by atoms with Gasteiger partial charge >= 0.3 is 0 Å². The lowest BCUT2D eigenvalue weighted by molar-refractivity contribution is 0.109. The van der Waals surface area contributed by atoms with Crippen molar-refractivity contribution in [3.05, 3.63) is 57.6 Å². The van der Waals surface area contributed by atoms with Crippen molar-refractivity contribution >= 4 is 29.4 Å². The Bertz CT molecular complexity index is 831. The van der Waals surface area contributed by atoms with Gasteiger partial charge in [0.1, 0.15) is 6.61 Å². The molecule has 0 aromatic heterocycles. The van der Waals surface area contributed by atoms with Crippen LogP contribution < -0.4 is 9.47 Å². The minimum Gasteiger partial charge on any atom is -0.493 e. The minimum atomic E-state index is 0.336. The first kappa shape index (κ1) is 20.8. The highest BCUT2D eigenvalue weighted by Gasteiger charge is 2.22. The Balaban J connectivity index is 1.70. The van der Waals surface area contributed by atoms with E-state index in [9.17, 15) is 0 Å². The average molecular weight is 421 g/mol. The Morgan fingerprint density at radius 3 is 2.50 bits per heavy atom. The third kappa shape index (κ3) is 5.12. The molecule has 6 heteroatoms. The summed E-state index contributed by atoms with van der Waals surface area (Å²) in [7, 11) is 1.63. The minimum absolute atomic E-state index is 0.336. The molecule has 1 heterocycles. The molecule has 2 unspecified atom stereocenters. The zero-order valence-corrected chi connectivity index (χ0v) is 18.0. The van der Waals surface area contributed by atoms with Gasteiger partial charge in [-0.2, -0.15) is 5.10 Å². The summed E-state index contributed by atoms with van der Waals surface area (Å²) in [5.74, 6) is 1.32.